The molecule has 1 aromatic rings. The summed E-state index contributed by atoms with van der Waals surface area (Å²) in [5, 5.41) is 0. The highest BCUT2D eigenvalue weighted by Crippen LogP contribution is 2.19. The van der Waals surface area contributed by atoms with Crippen molar-refractivity contribution in [2.24, 2.45) is 0 Å². The Bertz CT molecular complexity index is 430. The first-order valence-electron chi connectivity index (χ1n) is 4.78. The predicted octanol–water partition coefficient (Wildman–Crippen LogP) is 1.92. The average molecular weight is 285 g/mol. The second-order valence-electron chi connectivity index (χ2n) is 3.39. The lowest BCUT2D eigenvalue weighted by Crippen LogP contribution is -2.18. The number of esters is 2. The molecule has 0 bridgehead atoms. The van der Waals surface area contributed by atoms with E-state index in [1.807, 2.05) is 6.07 Å². The fourth-order valence-electron chi connectivity index (χ4n) is 1.41. The molecule has 0 spiro atoms. The summed E-state index contributed by atoms with van der Waals surface area (Å²) in [5.74, 6) is -0.777. The van der Waals surface area contributed by atoms with Gasteiger partial charge < -0.3 is 9.47 Å². The summed E-state index contributed by atoms with van der Waals surface area (Å²) in [5.41, 5.74) is 0.446. The maximum atomic E-state index is 11.7. The monoisotopic (exact) mass is 284 g/mol. The molecule has 0 amide bonds. The van der Waals surface area contributed by atoms with Crippen molar-refractivity contribution >= 4 is 27.9 Å². The maximum Gasteiger partial charge on any atom is 0.339 e. The molecule has 5 heteroatoms. The van der Waals surface area contributed by atoms with E-state index in [-0.39, 0.29) is 19.0 Å². The van der Waals surface area contributed by atoms with Gasteiger partial charge in [0.15, 0.2) is 0 Å². The van der Waals surface area contributed by atoms with Crippen LogP contribution in [0.2, 0.25) is 0 Å². The van der Waals surface area contributed by atoms with Crippen LogP contribution in [0, 0.1) is 0 Å². The molecule has 4 nitrogen and oxygen atoms in total. The topological polar surface area (TPSA) is 52.6 Å². The number of ether oxygens (including phenoxy) is 2. The van der Waals surface area contributed by atoms with Gasteiger partial charge >= 0.3 is 11.9 Å². The van der Waals surface area contributed by atoms with Gasteiger partial charge in [-0.15, -0.1) is 0 Å². The zero-order chi connectivity index (χ0) is 11.5. The molecule has 0 aliphatic carbocycles. The molecule has 1 heterocycles. The third kappa shape index (κ3) is 2.41. The van der Waals surface area contributed by atoms with Crippen LogP contribution in [0.25, 0.3) is 0 Å². The average Bonchev–Trinajstić information content (AvgIpc) is 2.64. The zero-order valence-electron chi connectivity index (χ0n) is 8.31. The van der Waals surface area contributed by atoms with Gasteiger partial charge in [-0.2, -0.15) is 0 Å². The molecule has 1 fully saturated rings. The number of halogens is 1. The van der Waals surface area contributed by atoms with Gasteiger partial charge in [0.25, 0.3) is 0 Å². The lowest BCUT2D eigenvalue weighted by atomic mass is 10.2. The van der Waals surface area contributed by atoms with Crippen LogP contribution in [0.3, 0.4) is 0 Å². The molecule has 0 unspecified atom stereocenters. The molecule has 16 heavy (non-hydrogen) atoms. The summed E-state index contributed by atoms with van der Waals surface area (Å²) >= 11 is 3.26. The molecule has 1 atom stereocenters. The van der Waals surface area contributed by atoms with E-state index in [0.717, 1.165) is 0 Å². The minimum Gasteiger partial charge on any atom is -0.462 e. The van der Waals surface area contributed by atoms with E-state index >= 15 is 0 Å². The van der Waals surface area contributed by atoms with Crippen molar-refractivity contribution < 1.29 is 19.1 Å². The van der Waals surface area contributed by atoms with E-state index in [0.29, 0.717) is 10.0 Å². The van der Waals surface area contributed by atoms with Crippen molar-refractivity contribution in [3.63, 3.8) is 0 Å². The van der Waals surface area contributed by atoms with E-state index in [1.54, 1.807) is 18.2 Å². The third-order valence-electron chi connectivity index (χ3n) is 2.19. The molecule has 0 radical (unpaired) electrons. The van der Waals surface area contributed by atoms with Crippen molar-refractivity contribution in [2.45, 2.75) is 12.5 Å². The second kappa shape index (κ2) is 4.65. The van der Waals surface area contributed by atoms with E-state index in [9.17, 15) is 9.59 Å². The highest BCUT2D eigenvalue weighted by Gasteiger charge is 2.27. The fraction of sp³-hybridized carbons (Fsp3) is 0.273. The van der Waals surface area contributed by atoms with Crippen LogP contribution in [-0.2, 0) is 14.3 Å². The normalized spacial score (nSPS) is 19.3. The van der Waals surface area contributed by atoms with Crippen LogP contribution in [0.15, 0.2) is 28.7 Å². The molecular formula is C11H9BrO4. The maximum absolute atomic E-state index is 11.7. The van der Waals surface area contributed by atoms with Crippen molar-refractivity contribution in [3.05, 3.63) is 34.3 Å². The minimum absolute atomic E-state index is 0.135. The predicted molar refractivity (Wildman–Crippen MR) is 58.9 cm³/mol. The van der Waals surface area contributed by atoms with Crippen molar-refractivity contribution in [1.29, 1.82) is 0 Å². The van der Waals surface area contributed by atoms with Crippen molar-refractivity contribution in [1.82, 2.24) is 0 Å². The SMILES string of the molecule is O=C1C[C@H](OC(=O)c2ccccc2Br)CO1. The van der Waals surface area contributed by atoms with E-state index < -0.39 is 12.1 Å². The fourth-order valence-corrected chi connectivity index (χ4v) is 1.85. The number of cyclic esters (lactones) is 1. The van der Waals surface area contributed by atoms with E-state index in [2.05, 4.69) is 15.9 Å². The number of benzene rings is 1. The Morgan fingerprint density at radius 1 is 1.44 bits per heavy atom. The van der Waals surface area contributed by atoms with Gasteiger partial charge in [-0.05, 0) is 28.1 Å². The van der Waals surface area contributed by atoms with Crippen LogP contribution >= 0.6 is 15.9 Å². The highest BCUT2D eigenvalue weighted by molar-refractivity contribution is 9.10. The van der Waals surface area contributed by atoms with Crippen LogP contribution in [-0.4, -0.2) is 24.6 Å². The second-order valence-corrected chi connectivity index (χ2v) is 4.25. The van der Waals surface area contributed by atoms with Gasteiger partial charge in [0.05, 0.1) is 12.0 Å². The largest absolute Gasteiger partial charge is 0.462 e. The Balaban J connectivity index is 2.03. The van der Waals surface area contributed by atoms with Crippen LogP contribution in [0.5, 0.6) is 0 Å². The molecule has 0 N–H and O–H groups in total. The summed E-state index contributed by atoms with van der Waals surface area (Å²) in [6.07, 6.45) is -0.331. The highest BCUT2D eigenvalue weighted by atomic mass is 79.9. The molecule has 1 aromatic carbocycles. The number of rotatable bonds is 2. The third-order valence-corrected chi connectivity index (χ3v) is 2.88. The van der Waals surface area contributed by atoms with Crippen LogP contribution in [0.1, 0.15) is 16.8 Å². The van der Waals surface area contributed by atoms with Crippen molar-refractivity contribution in [3.8, 4) is 0 Å². The van der Waals surface area contributed by atoms with Gasteiger partial charge in [0.1, 0.15) is 12.7 Å². The summed E-state index contributed by atoms with van der Waals surface area (Å²) in [6.45, 7) is 0.148. The first-order chi connectivity index (χ1) is 7.66. The summed E-state index contributed by atoms with van der Waals surface area (Å²) in [4.78, 5) is 22.5. The molecule has 0 aromatic heterocycles. The van der Waals surface area contributed by atoms with Gasteiger partial charge in [0.2, 0.25) is 0 Å². The van der Waals surface area contributed by atoms with Gasteiger partial charge in [-0.1, -0.05) is 12.1 Å². The van der Waals surface area contributed by atoms with Gasteiger partial charge in [0, 0.05) is 4.47 Å². The summed E-state index contributed by atoms with van der Waals surface area (Å²) in [7, 11) is 0. The Kier molecular flexibility index (Phi) is 3.24. The Morgan fingerprint density at radius 2 is 2.19 bits per heavy atom. The molecule has 1 aliphatic rings. The number of hydrogen-bond donors (Lipinski definition) is 0. The quantitative estimate of drug-likeness (QED) is 0.779. The smallest absolute Gasteiger partial charge is 0.339 e. The molecule has 1 saturated heterocycles. The lowest BCUT2D eigenvalue weighted by molar-refractivity contribution is -0.137. The molecule has 2 rings (SSSR count). The minimum atomic E-state index is -0.466. The number of carbonyl (C=O) groups is 2. The molecule has 0 saturated carbocycles. The zero-order valence-corrected chi connectivity index (χ0v) is 9.90. The Hall–Kier alpha value is -1.36. The van der Waals surface area contributed by atoms with Crippen molar-refractivity contribution in [2.75, 3.05) is 6.61 Å². The Morgan fingerprint density at radius 3 is 2.81 bits per heavy atom. The van der Waals surface area contributed by atoms with E-state index in [4.69, 9.17) is 9.47 Å². The molecule has 84 valence electrons. The van der Waals surface area contributed by atoms with Crippen LogP contribution in [0.4, 0.5) is 0 Å². The summed E-state index contributed by atoms with van der Waals surface area (Å²) < 4.78 is 10.5. The van der Waals surface area contributed by atoms with Gasteiger partial charge in [-0.25, -0.2) is 4.79 Å². The number of carbonyl (C=O) groups excluding carboxylic acids is 2. The number of hydrogen-bond acceptors (Lipinski definition) is 4. The Labute approximate surface area is 101 Å². The standard InChI is InChI=1S/C11H9BrO4/c12-9-4-2-1-3-8(9)11(14)16-7-5-10(13)15-6-7/h1-4,7H,5-6H2/t7-/m0/s1. The first kappa shape index (κ1) is 11.1. The van der Waals surface area contributed by atoms with Crippen LogP contribution < -0.4 is 0 Å². The molecular weight excluding hydrogens is 276 g/mol. The first-order valence-corrected chi connectivity index (χ1v) is 5.57. The van der Waals surface area contributed by atoms with Gasteiger partial charge in [-0.3, -0.25) is 4.79 Å². The lowest BCUT2D eigenvalue weighted by Gasteiger charge is -2.09. The van der Waals surface area contributed by atoms with E-state index in [1.165, 1.54) is 0 Å². The summed E-state index contributed by atoms with van der Waals surface area (Å²) in [6, 6.07) is 6.97. The molecule has 1 aliphatic heterocycles.